The van der Waals surface area contributed by atoms with E-state index in [0.717, 1.165) is 5.56 Å². The first-order chi connectivity index (χ1) is 15.2. The smallest absolute Gasteiger partial charge is 0.327 e. The maximum atomic E-state index is 13.0. The number of nitrogens with two attached hydrogens (primary N) is 2. The van der Waals surface area contributed by atoms with Crippen molar-refractivity contribution in [3.63, 3.8) is 0 Å². The van der Waals surface area contributed by atoms with Crippen LogP contribution in [0.1, 0.15) is 31.7 Å². The highest BCUT2D eigenvalue weighted by Crippen LogP contribution is 2.07. The summed E-state index contributed by atoms with van der Waals surface area (Å²) in [5.74, 6) is -3.07. The third-order valence-corrected chi connectivity index (χ3v) is 5.07. The molecule has 0 saturated carbocycles. The standard InChI is InChI=1S/C21H33N5O5S/c1-13(23)18(27)24-15(9-5-6-10-22)19(28)25-16(11-14-7-3-2-4-8-14)20(29)26-17(12-32)21(30)31/h2-4,7-8,13,15-17,32H,5-6,9-12,22-23H2,1H3,(H,24,27)(H,25,28)(H,26,29)(H,30,31). The molecule has 1 rings (SSSR count). The number of hydrogen-bond acceptors (Lipinski definition) is 7. The van der Waals surface area contributed by atoms with Gasteiger partial charge in [0.25, 0.3) is 0 Å². The minimum atomic E-state index is -1.23. The maximum Gasteiger partial charge on any atom is 0.327 e. The Labute approximate surface area is 193 Å². The molecule has 11 heteroatoms. The first-order valence-electron chi connectivity index (χ1n) is 10.4. The Hall–Kier alpha value is -2.63. The third kappa shape index (κ3) is 9.67. The van der Waals surface area contributed by atoms with Crippen LogP contribution in [-0.2, 0) is 25.6 Å². The molecule has 0 aliphatic rings. The number of nitrogens with one attached hydrogen (secondary N) is 3. The first kappa shape index (κ1) is 27.4. The van der Waals surface area contributed by atoms with Gasteiger partial charge in [-0.1, -0.05) is 30.3 Å². The molecule has 178 valence electrons. The number of carbonyl (C=O) groups is 4. The monoisotopic (exact) mass is 467 g/mol. The van der Waals surface area contributed by atoms with Gasteiger partial charge >= 0.3 is 5.97 Å². The average Bonchev–Trinajstić information content (AvgIpc) is 2.76. The Bertz CT molecular complexity index is 762. The van der Waals surface area contributed by atoms with Gasteiger partial charge in [0.15, 0.2) is 0 Å². The fraction of sp³-hybridized carbons (Fsp3) is 0.524. The highest BCUT2D eigenvalue weighted by atomic mass is 32.1. The fourth-order valence-corrected chi connectivity index (χ4v) is 3.10. The van der Waals surface area contributed by atoms with Crippen LogP contribution in [0.25, 0.3) is 0 Å². The van der Waals surface area contributed by atoms with Crippen LogP contribution in [0, 0.1) is 0 Å². The van der Waals surface area contributed by atoms with Crippen molar-refractivity contribution >= 4 is 36.3 Å². The summed E-state index contributed by atoms with van der Waals surface area (Å²) in [6.45, 7) is 1.94. The lowest BCUT2D eigenvalue weighted by Crippen LogP contribution is -2.57. The number of carboxylic acids is 1. The van der Waals surface area contributed by atoms with Crippen molar-refractivity contribution in [2.75, 3.05) is 12.3 Å². The molecule has 0 aliphatic carbocycles. The molecule has 0 aromatic heterocycles. The van der Waals surface area contributed by atoms with Crippen LogP contribution >= 0.6 is 12.6 Å². The van der Waals surface area contributed by atoms with Crippen LogP contribution in [-0.4, -0.2) is 65.3 Å². The van der Waals surface area contributed by atoms with Crippen molar-refractivity contribution in [2.45, 2.75) is 56.8 Å². The number of amides is 3. The second-order valence-corrected chi connectivity index (χ2v) is 7.83. The van der Waals surface area contributed by atoms with E-state index in [4.69, 9.17) is 11.5 Å². The minimum absolute atomic E-state index is 0.112. The number of aliphatic carboxylic acids is 1. The fourth-order valence-electron chi connectivity index (χ4n) is 2.85. The molecule has 0 heterocycles. The normalized spacial score (nSPS) is 14.5. The van der Waals surface area contributed by atoms with Gasteiger partial charge in [0, 0.05) is 12.2 Å². The summed E-state index contributed by atoms with van der Waals surface area (Å²) in [5.41, 5.74) is 11.9. The molecule has 0 aliphatic heterocycles. The number of unbranched alkanes of at least 4 members (excludes halogenated alkanes) is 1. The Morgan fingerprint density at radius 3 is 2.03 bits per heavy atom. The van der Waals surface area contributed by atoms with E-state index < -0.39 is 47.9 Å². The molecule has 0 fully saturated rings. The molecule has 0 saturated heterocycles. The zero-order valence-corrected chi connectivity index (χ0v) is 19.0. The van der Waals surface area contributed by atoms with E-state index in [9.17, 15) is 24.3 Å². The second-order valence-electron chi connectivity index (χ2n) is 7.47. The molecule has 0 radical (unpaired) electrons. The zero-order chi connectivity index (χ0) is 24.1. The summed E-state index contributed by atoms with van der Waals surface area (Å²) in [7, 11) is 0. The van der Waals surface area contributed by atoms with E-state index in [1.807, 2.05) is 6.07 Å². The van der Waals surface area contributed by atoms with Crippen molar-refractivity contribution < 1.29 is 24.3 Å². The predicted molar refractivity (Wildman–Crippen MR) is 124 cm³/mol. The highest BCUT2D eigenvalue weighted by molar-refractivity contribution is 7.80. The number of carboxylic acid groups (broad SMARTS) is 1. The molecule has 8 N–H and O–H groups in total. The number of thiol groups is 1. The summed E-state index contributed by atoms with van der Waals surface area (Å²) in [6.07, 6.45) is 1.70. The SMILES string of the molecule is CC(N)C(=O)NC(CCCCN)C(=O)NC(Cc1ccccc1)C(=O)NC(CS)C(=O)O. The van der Waals surface area contributed by atoms with E-state index in [0.29, 0.717) is 25.8 Å². The molecule has 0 bridgehead atoms. The van der Waals surface area contributed by atoms with Crippen molar-refractivity contribution in [3.8, 4) is 0 Å². The topological polar surface area (TPSA) is 177 Å². The zero-order valence-electron chi connectivity index (χ0n) is 18.1. The summed E-state index contributed by atoms with van der Waals surface area (Å²) >= 11 is 3.95. The molecular weight excluding hydrogens is 434 g/mol. The van der Waals surface area contributed by atoms with E-state index in [-0.39, 0.29) is 12.2 Å². The van der Waals surface area contributed by atoms with Crippen molar-refractivity contribution in [3.05, 3.63) is 35.9 Å². The highest BCUT2D eigenvalue weighted by Gasteiger charge is 2.29. The second kappa shape index (κ2) is 14.4. The number of carbonyl (C=O) groups excluding carboxylic acids is 3. The van der Waals surface area contributed by atoms with E-state index in [1.165, 1.54) is 6.92 Å². The van der Waals surface area contributed by atoms with E-state index in [2.05, 4.69) is 28.6 Å². The van der Waals surface area contributed by atoms with Crippen LogP contribution in [0.5, 0.6) is 0 Å². The Morgan fingerprint density at radius 2 is 1.50 bits per heavy atom. The molecule has 10 nitrogen and oxygen atoms in total. The quantitative estimate of drug-likeness (QED) is 0.138. The molecule has 4 atom stereocenters. The van der Waals surface area contributed by atoms with Crippen LogP contribution in [0.4, 0.5) is 0 Å². The lowest BCUT2D eigenvalue weighted by molar-refractivity contribution is -0.141. The van der Waals surface area contributed by atoms with Crippen LogP contribution in [0.2, 0.25) is 0 Å². The third-order valence-electron chi connectivity index (χ3n) is 4.71. The molecule has 32 heavy (non-hydrogen) atoms. The summed E-state index contributed by atoms with van der Waals surface area (Å²) < 4.78 is 0. The largest absolute Gasteiger partial charge is 0.480 e. The van der Waals surface area contributed by atoms with E-state index >= 15 is 0 Å². The molecule has 0 spiro atoms. The Morgan fingerprint density at radius 1 is 0.938 bits per heavy atom. The van der Waals surface area contributed by atoms with E-state index in [1.54, 1.807) is 24.3 Å². The lowest BCUT2D eigenvalue weighted by Gasteiger charge is -2.25. The molecule has 4 unspecified atom stereocenters. The van der Waals surface area contributed by atoms with Gasteiger partial charge in [-0.05, 0) is 38.3 Å². The van der Waals surface area contributed by atoms with Gasteiger partial charge < -0.3 is 32.5 Å². The average molecular weight is 468 g/mol. The van der Waals surface area contributed by atoms with Crippen LogP contribution < -0.4 is 27.4 Å². The van der Waals surface area contributed by atoms with Gasteiger partial charge in [-0.3, -0.25) is 14.4 Å². The molecular formula is C21H33N5O5S. The molecule has 1 aromatic carbocycles. The maximum absolute atomic E-state index is 13.0. The van der Waals surface area contributed by atoms with Gasteiger partial charge in [0.05, 0.1) is 6.04 Å². The van der Waals surface area contributed by atoms with Crippen LogP contribution in [0.3, 0.4) is 0 Å². The van der Waals surface area contributed by atoms with Crippen LogP contribution in [0.15, 0.2) is 30.3 Å². The van der Waals surface area contributed by atoms with Gasteiger partial charge in [-0.15, -0.1) is 0 Å². The van der Waals surface area contributed by atoms with Crippen molar-refractivity contribution in [2.24, 2.45) is 11.5 Å². The number of hydrogen-bond donors (Lipinski definition) is 7. The van der Waals surface area contributed by atoms with Gasteiger partial charge in [0.1, 0.15) is 18.1 Å². The predicted octanol–water partition coefficient (Wildman–Crippen LogP) is -0.826. The van der Waals surface area contributed by atoms with Gasteiger partial charge in [-0.2, -0.15) is 12.6 Å². The molecule has 1 aromatic rings. The first-order valence-corrected chi connectivity index (χ1v) is 11.1. The molecule has 3 amide bonds. The number of benzene rings is 1. The van der Waals surface area contributed by atoms with Gasteiger partial charge in [-0.25, -0.2) is 4.79 Å². The summed E-state index contributed by atoms with van der Waals surface area (Å²) in [5, 5.41) is 16.9. The Balaban J connectivity index is 3.03. The van der Waals surface area contributed by atoms with Crippen molar-refractivity contribution in [1.29, 1.82) is 0 Å². The minimum Gasteiger partial charge on any atom is -0.480 e. The summed E-state index contributed by atoms with van der Waals surface area (Å²) in [4.78, 5) is 49.2. The Kier molecular flexibility index (Phi) is 12.4. The lowest BCUT2D eigenvalue weighted by atomic mass is 10.0. The summed E-state index contributed by atoms with van der Waals surface area (Å²) in [6, 6.07) is 4.98. The van der Waals surface area contributed by atoms with Gasteiger partial charge in [0.2, 0.25) is 17.7 Å². The van der Waals surface area contributed by atoms with Crippen molar-refractivity contribution in [1.82, 2.24) is 16.0 Å². The number of rotatable bonds is 14.